The summed E-state index contributed by atoms with van der Waals surface area (Å²) in [5.74, 6) is -1.78. The largest absolute Gasteiger partial charge is 0.544 e. The molecule has 0 aliphatic heterocycles. The van der Waals surface area contributed by atoms with E-state index in [2.05, 4.69) is 86.8 Å². The number of allylic oxidation sites excluding steroid dienone is 14. The first-order valence-electron chi connectivity index (χ1n) is 23.6. The van der Waals surface area contributed by atoms with Crippen LogP contribution in [0.5, 0.6) is 0 Å². The third-order valence-corrected chi connectivity index (χ3v) is 10.1. The van der Waals surface area contributed by atoms with Gasteiger partial charge in [0.25, 0.3) is 0 Å². The van der Waals surface area contributed by atoms with E-state index in [0.717, 1.165) is 89.9 Å². The Labute approximate surface area is 367 Å². The molecule has 60 heavy (non-hydrogen) atoms. The second-order valence-corrected chi connectivity index (χ2v) is 16.6. The van der Waals surface area contributed by atoms with Gasteiger partial charge in [0, 0.05) is 19.3 Å². The number of hydrogen-bond donors (Lipinski definition) is 0. The third-order valence-electron chi connectivity index (χ3n) is 10.1. The molecule has 0 N–H and O–H groups in total. The van der Waals surface area contributed by atoms with Gasteiger partial charge in [0.05, 0.1) is 40.3 Å². The number of carboxylic acids is 1. The molecule has 0 saturated heterocycles. The zero-order valence-corrected chi connectivity index (χ0v) is 38.8. The Balaban J connectivity index is 4.26. The number of quaternary nitrogens is 1. The van der Waals surface area contributed by atoms with Gasteiger partial charge in [-0.3, -0.25) is 9.59 Å². The van der Waals surface area contributed by atoms with Gasteiger partial charge in [0.15, 0.2) is 6.10 Å². The number of carboxylic acid groups (broad SMARTS) is 1. The molecular formula is C52H87NO7. The van der Waals surface area contributed by atoms with Gasteiger partial charge in [-0.25, -0.2) is 0 Å². The quantitative estimate of drug-likeness (QED) is 0.0199. The Morgan fingerprint density at radius 2 is 0.967 bits per heavy atom. The molecule has 0 saturated carbocycles. The van der Waals surface area contributed by atoms with Crippen molar-refractivity contribution in [3.05, 3.63) is 85.1 Å². The molecule has 0 fully saturated rings. The Morgan fingerprint density at radius 3 is 1.48 bits per heavy atom. The highest BCUT2D eigenvalue weighted by atomic mass is 16.6. The zero-order chi connectivity index (χ0) is 44.2. The number of nitrogens with zero attached hydrogens (tertiary/aromatic N) is 1. The summed E-state index contributed by atoms with van der Waals surface area (Å²) in [4.78, 5) is 36.9. The number of likely N-dealkylation sites (N-methyl/N-ethyl adjacent to an activating group) is 1. The average Bonchev–Trinajstić information content (AvgIpc) is 3.21. The van der Waals surface area contributed by atoms with E-state index in [1.165, 1.54) is 51.4 Å². The van der Waals surface area contributed by atoms with Crippen LogP contribution in [0, 0.1) is 0 Å². The summed E-state index contributed by atoms with van der Waals surface area (Å²) in [6, 6.07) is -0.734. The molecule has 2 unspecified atom stereocenters. The second-order valence-electron chi connectivity index (χ2n) is 16.6. The lowest BCUT2D eigenvalue weighted by Crippen LogP contribution is -2.55. The summed E-state index contributed by atoms with van der Waals surface area (Å²) in [5, 5.41) is 11.6. The Bertz CT molecular complexity index is 1250. The average molecular weight is 838 g/mol. The molecule has 0 rings (SSSR count). The number of rotatable bonds is 41. The molecule has 8 nitrogen and oxygen atoms in total. The monoisotopic (exact) mass is 838 g/mol. The minimum Gasteiger partial charge on any atom is -0.544 e. The van der Waals surface area contributed by atoms with Gasteiger partial charge in [0.2, 0.25) is 0 Å². The molecule has 0 aromatic carbocycles. The minimum atomic E-state index is -1.13. The van der Waals surface area contributed by atoms with Crippen LogP contribution in [-0.2, 0) is 28.6 Å². The van der Waals surface area contributed by atoms with Crippen molar-refractivity contribution < 1.29 is 38.2 Å². The number of aliphatic carboxylic acids is 1. The Morgan fingerprint density at radius 1 is 0.517 bits per heavy atom. The van der Waals surface area contributed by atoms with Crippen LogP contribution in [0.25, 0.3) is 0 Å². The molecule has 8 heteroatoms. The van der Waals surface area contributed by atoms with Crippen LogP contribution in [-0.4, -0.2) is 75.5 Å². The van der Waals surface area contributed by atoms with E-state index >= 15 is 0 Å². The van der Waals surface area contributed by atoms with Gasteiger partial charge in [0.1, 0.15) is 12.6 Å². The molecule has 0 radical (unpaired) electrons. The predicted octanol–water partition coefficient (Wildman–Crippen LogP) is 12.0. The van der Waals surface area contributed by atoms with Crippen molar-refractivity contribution in [2.75, 3.05) is 41.0 Å². The fourth-order valence-electron chi connectivity index (χ4n) is 6.47. The van der Waals surface area contributed by atoms with E-state index in [4.69, 9.17) is 14.2 Å². The SMILES string of the molecule is CC/C=C/C=C/C=C/CCCCCCCC(=O)OC(COCCC(C(=O)[O-])[N+](C)(C)C)COC(=O)CCCCCCCCCCCC/C=C/C/C=C/C/C=C/C/C=C/CC. The summed E-state index contributed by atoms with van der Waals surface area (Å²) >= 11 is 0. The first kappa shape index (κ1) is 56.5. The topological polar surface area (TPSA) is 102 Å². The van der Waals surface area contributed by atoms with Crippen molar-refractivity contribution in [1.82, 2.24) is 0 Å². The van der Waals surface area contributed by atoms with E-state index in [-0.39, 0.29) is 42.7 Å². The van der Waals surface area contributed by atoms with Gasteiger partial charge in [-0.05, 0) is 70.6 Å². The van der Waals surface area contributed by atoms with Crippen molar-refractivity contribution in [2.45, 2.75) is 187 Å². The predicted molar refractivity (Wildman–Crippen MR) is 249 cm³/mol. The molecular weight excluding hydrogens is 751 g/mol. The van der Waals surface area contributed by atoms with E-state index in [1.807, 2.05) is 12.2 Å². The third kappa shape index (κ3) is 39.9. The van der Waals surface area contributed by atoms with Crippen LogP contribution < -0.4 is 5.11 Å². The maximum absolute atomic E-state index is 12.7. The number of unbranched alkanes of at least 4 members (excludes halogenated alkanes) is 15. The molecule has 0 aromatic heterocycles. The summed E-state index contributed by atoms with van der Waals surface area (Å²) in [6.07, 6.45) is 54.7. The molecule has 0 aromatic rings. The van der Waals surface area contributed by atoms with Gasteiger partial charge in [-0.15, -0.1) is 0 Å². The van der Waals surface area contributed by atoms with Crippen molar-refractivity contribution in [3.63, 3.8) is 0 Å². The smallest absolute Gasteiger partial charge is 0.306 e. The molecule has 2 atom stereocenters. The Hall–Kier alpha value is -3.49. The molecule has 0 aliphatic rings. The van der Waals surface area contributed by atoms with Crippen molar-refractivity contribution >= 4 is 17.9 Å². The fraction of sp³-hybridized carbons (Fsp3) is 0.673. The van der Waals surface area contributed by atoms with Gasteiger partial charge >= 0.3 is 11.9 Å². The fourth-order valence-corrected chi connectivity index (χ4v) is 6.47. The Kier molecular flexibility index (Phi) is 39.8. The second kappa shape index (κ2) is 42.2. The van der Waals surface area contributed by atoms with Gasteiger partial charge in [-0.2, -0.15) is 0 Å². The van der Waals surface area contributed by atoms with Crippen LogP contribution in [0.3, 0.4) is 0 Å². The molecule has 0 amide bonds. The van der Waals surface area contributed by atoms with Gasteiger partial charge < -0.3 is 28.6 Å². The highest BCUT2D eigenvalue weighted by Gasteiger charge is 2.25. The van der Waals surface area contributed by atoms with Gasteiger partial charge in [-0.1, -0.05) is 170 Å². The lowest BCUT2D eigenvalue weighted by Gasteiger charge is -2.34. The van der Waals surface area contributed by atoms with E-state index < -0.39 is 18.1 Å². The van der Waals surface area contributed by atoms with Crippen molar-refractivity contribution in [1.29, 1.82) is 0 Å². The van der Waals surface area contributed by atoms with E-state index in [1.54, 1.807) is 21.1 Å². The first-order valence-corrected chi connectivity index (χ1v) is 23.6. The highest BCUT2D eigenvalue weighted by molar-refractivity contribution is 5.70. The van der Waals surface area contributed by atoms with Crippen molar-refractivity contribution in [2.24, 2.45) is 0 Å². The van der Waals surface area contributed by atoms with Crippen LogP contribution >= 0.6 is 0 Å². The number of carbonyl (C=O) groups is 3. The molecule has 0 heterocycles. The normalized spacial score (nSPS) is 13.7. The first-order chi connectivity index (χ1) is 29.1. The number of ether oxygens (including phenoxy) is 3. The number of carbonyl (C=O) groups excluding carboxylic acids is 3. The minimum absolute atomic E-state index is 0.0266. The highest BCUT2D eigenvalue weighted by Crippen LogP contribution is 2.14. The summed E-state index contributed by atoms with van der Waals surface area (Å²) in [6.45, 7) is 4.38. The number of hydrogen-bond acceptors (Lipinski definition) is 7. The molecule has 0 spiro atoms. The standard InChI is InChI=1S/C52H87NO7/c1-6-8-10-12-14-16-18-20-21-22-23-24-25-26-27-28-29-31-32-34-36-38-40-42-50(54)59-47-48(46-58-45-44-49(52(56)57)53(3,4)5)60-51(55)43-41-39-37-35-33-30-19-17-15-13-11-9-7-2/h8-11,13-17,19-21,23-24,48-49H,6-7,12,18,22,25-47H2,1-5H3/b10-8+,11-9+,15-13+,16-14+,19-17+,21-20+,24-23+. The van der Waals surface area contributed by atoms with E-state index in [9.17, 15) is 19.5 Å². The summed E-state index contributed by atoms with van der Waals surface area (Å²) in [7, 11) is 5.39. The molecule has 0 aliphatic carbocycles. The van der Waals surface area contributed by atoms with Crippen LogP contribution in [0.4, 0.5) is 0 Å². The van der Waals surface area contributed by atoms with Crippen LogP contribution in [0.15, 0.2) is 85.1 Å². The number of esters is 2. The lowest BCUT2D eigenvalue weighted by atomic mass is 10.1. The van der Waals surface area contributed by atoms with E-state index in [0.29, 0.717) is 12.8 Å². The maximum Gasteiger partial charge on any atom is 0.306 e. The summed E-state index contributed by atoms with van der Waals surface area (Å²) in [5.41, 5.74) is 0. The molecule has 0 bridgehead atoms. The zero-order valence-electron chi connectivity index (χ0n) is 38.8. The molecule has 342 valence electrons. The van der Waals surface area contributed by atoms with Crippen molar-refractivity contribution in [3.8, 4) is 0 Å². The van der Waals surface area contributed by atoms with Crippen LogP contribution in [0.1, 0.15) is 174 Å². The maximum atomic E-state index is 12.7. The summed E-state index contributed by atoms with van der Waals surface area (Å²) < 4.78 is 17.2. The van der Waals surface area contributed by atoms with Crippen LogP contribution in [0.2, 0.25) is 0 Å². The lowest BCUT2D eigenvalue weighted by molar-refractivity contribution is -0.889.